The summed E-state index contributed by atoms with van der Waals surface area (Å²) >= 11 is 0. The largest absolute Gasteiger partial charge is 0.477 e. The quantitative estimate of drug-likeness (QED) is 0.746. The lowest BCUT2D eigenvalue weighted by Crippen LogP contribution is -2.28. The zero-order valence-electron chi connectivity index (χ0n) is 10.5. The third kappa shape index (κ3) is 2.87. The Balaban J connectivity index is 2.98. The third-order valence-electron chi connectivity index (χ3n) is 2.55. The van der Waals surface area contributed by atoms with E-state index in [0.29, 0.717) is 29.3 Å². The summed E-state index contributed by atoms with van der Waals surface area (Å²) in [5, 5.41) is 11.7. The monoisotopic (exact) mass is 238 g/mol. The van der Waals surface area contributed by atoms with Crippen LogP contribution in [-0.2, 0) is 0 Å². The standard InChI is InChI=1S/C12H18N2O3/c1-6(2)5-13-11(15)9-7(3)10(12(16)17)14-8(9)4/h6,14H,5H2,1-4H3,(H,13,15)(H,16,17). The Bertz CT molecular complexity index is 447. The first-order valence-corrected chi connectivity index (χ1v) is 5.55. The minimum Gasteiger partial charge on any atom is -0.477 e. The molecule has 1 heterocycles. The van der Waals surface area contributed by atoms with Crippen molar-refractivity contribution in [3.8, 4) is 0 Å². The van der Waals surface area contributed by atoms with Gasteiger partial charge in [-0.1, -0.05) is 13.8 Å². The Morgan fingerprint density at radius 3 is 2.35 bits per heavy atom. The highest BCUT2D eigenvalue weighted by molar-refractivity contribution is 6.00. The van der Waals surface area contributed by atoms with E-state index in [2.05, 4.69) is 10.3 Å². The van der Waals surface area contributed by atoms with Gasteiger partial charge in [0, 0.05) is 12.2 Å². The van der Waals surface area contributed by atoms with Crippen LogP contribution in [0.1, 0.15) is 46.0 Å². The molecule has 3 N–H and O–H groups in total. The van der Waals surface area contributed by atoms with Gasteiger partial charge < -0.3 is 15.4 Å². The first-order valence-electron chi connectivity index (χ1n) is 5.55. The van der Waals surface area contributed by atoms with Crippen molar-refractivity contribution in [1.29, 1.82) is 0 Å². The van der Waals surface area contributed by atoms with Crippen LogP contribution in [0.3, 0.4) is 0 Å². The Hall–Kier alpha value is -1.78. The number of aromatic nitrogens is 1. The summed E-state index contributed by atoms with van der Waals surface area (Å²) in [6.45, 7) is 7.91. The van der Waals surface area contributed by atoms with E-state index >= 15 is 0 Å². The summed E-state index contributed by atoms with van der Waals surface area (Å²) in [5.74, 6) is -0.914. The van der Waals surface area contributed by atoms with Crippen LogP contribution in [0.15, 0.2) is 0 Å². The number of carboxylic acid groups (broad SMARTS) is 1. The van der Waals surface area contributed by atoms with Gasteiger partial charge in [-0.05, 0) is 25.3 Å². The third-order valence-corrected chi connectivity index (χ3v) is 2.55. The zero-order chi connectivity index (χ0) is 13.2. The normalized spacial score (nSPS) is 10.6. The van der Waals surface area contributed by atoms with Crippen LogP contribution in [0.25, 0.3) is 0 Å². The number of aryl methyl sites for hydroxylation is 1. The summed E-state index contributed by atoms with van der Waals surface area (Å²) in [7, 11) is 0. The van der Waals surface area contributed by atoms with Gasteiger partial charge in [-0.25, -0.2) is 4.79 Å². The zero-order valence-corrected chi connectivity index (χ0v) is 10.5. The number of hydrogen-bond donors (Lipinski definition) is 3. The molecule has 1 rings (SSSR count). The van der Waals surface area contributed by atoms with E-state index in [-0.39, 0.29) is 11.6 Å². The Morgan fingerprint density at radius 2 is 1.94 bits per heavy atom. The van der Waals surface area contributed by atoms with E-state index in [1.807, 2.05) is 13.8 Å². The highest BCUT2D eigenvalue weighted by Crippen LogP contribution is 2.17. The smallest absolute Gasteiger partial charge is 0.352 e. The molecule has 5 heteroatoms. The Kier molecular flexibility index (Phi) is 3.93. The van der Waals surface area contributed by atoms with Crippen LogP contribution in [0.2, 0.25) is 0 Å². The molecule has 0 aromatic carbocycles. The summed E-state index contributed by atoms with van der Waals surface area (Å²) in [4.78, 5) is 25.5. The SMILES string of the molecule is Cc1[nH]c(C(=O)O)c(C)c1C(=O)NCC(C)C. The molecule has 0 spiro atoms. The number of carbonyl (C=O) groups is 2. The van der Waals surface area contributed by atoms with Gasteiger partial charge in [-0.2, -0.15) is 0 Å². The number of hydrogen-bond acceptors (Lipinski definition) is 2. The number of rotatable bonds is 4. The first-order chi connectivity index (χ1) is 7.84. The topological polar surface area (TPSA) is 82.2 Å². The number of carboxylic acids is 1. The molecule has 0 saturated carbocycles. The minimum atomic E-state index is -1.05. The average Bonchev–Trinajstić information content (AvgIpc) is 2.51. The van der Waals surface area contributed by atoms with Gasteiger partial charge >= 0.3 is 5.97 Å². The van der Waals surface area contributed by atoms with Crippen LogP contribution in [0.4, 0.5) is 0 Å². The lowest BCUT2D eigenvalue weighted by atomic mass is 10.1. The van der Waals surface area contributed by atoms with E-state index < -0.39 is 5.97 Å². The van der Waals surface area contributed by atoms with Crippen molar-refractivity contribution in [2.24, 2.45) is 5.92 Å². The fraction of sp³-hybridized carbons (Fsp3) is 0.500. The number of aromatic carboxylic acids is 1. The molecule has 0 aliphatic rings. The number of amides is 1. The van der Waals surface area contributed by atoms with Gasteiger partial charge in [0.1, 0.15) is 5.69 Å². The molecular formula is C12H18N2O3. The number of aromatic amines is 1. The van der Waals surface area contributed by atoms with Crippen molar-refractivity contribution in [2.75, 3.05) is 6.54 Å². The molecule has 0 aliphatic carbocycles. The van der Waals surface area contributed by atoms with Gasteiger partial charge in [0.15, 0.2) is 0 Å². The van der Waals surface area contributed by atoms with Crippen LogP contribution >= 0.6 is 0 Å². The Morgan fingerprint density at radius 1 is 1.35 bits per heavy atom. The summed E-state index contributed by atoms with van der Waals surface area (Å²) < 4.78 is 0. The molecule has 1 amide bonds. The molecule has 0 aliphatic heterocycles. The van der Waals surface area contributed by atoms with E-state index in [0.717, 1.165) is 0 Å². The summed E-state index contributed by atoms with van der Waals surface area (Å²) in [6, 6.07) is 0. The second kappa shape index (κ2) is 5.03. The van der Waals surface area contributed by atoms with E-state index in [1.54, 1.807) is 13.8 Å². The van der Waals surface area contributed by atoms with E-state index in [4.69, 9.17) is 5.11 Å². The predicted octanol–water partition coefficient (Wildman–Crippen LogP) is 1.72. The highest BCUT2D eigenvalue weighted by Gasteiger charge is 2.21. The second-order valence-electron chi connectivity index (χ2n) is 4.53. The molecular weight excluding hydrogens is 220 g/mol. The van der Waals surface area contributed by atoms with Gasteiger partial charge in [-0.3, -0.25) is 4.79 Å². The maximum Gasteiger partial charge on any atom is 0.352 e. The molecule has 0 unspecified atom stereocenters. The predicted molar refractivity (Wildman–Crippen MR) is 64.4 cm³/mol. The lowest BCUT2D eigenvalue weighted by molar-refractivity contribution is 0.0690. The van der Waals surface area contributed by atoms with Crippen molar-refractivity contribution >= 4 is 11.9 Å². The molecule has 94 valence electrons. The van der Waals surface area contributed by atoms with Crippen molar-refractivity contribution in [3.05, 3.63) is 22.5 Å². The molecule has 0 bridgehead atoms. The molecule has 0 saturated heterocycles. The molecule has 1 aromatic rings. The van der Waals surface area contributed by atoms with Gasteiger partial charge in [-0.15, -0.1) is 0 Å². The van der Waals surface area contributed by atoms with Crippen LogP contribution < -0.4 is 5.32 Å². The highest BCUT2D eigenvalue weighted by atomic mass is 16.4. The molecule has 17 heavy (non-hydrogen) atoms. The summed E-state index contributed by atoms with van der Waals surface area (Å²) in [6.07, 6.45) is 0. The van der Waals surface area contributed by atoms with Crippen molar-refractivity contribution < 1.29 is 14.7 Å². The minimum absolute atomic E-state index is 0.0807. The fourth-order valence-corrected chi connectivity index (χ4v) is 1.69. The van der Waals surface area contributed by atoms with E-state index in [9.17, 15) is 9.59 Å². The number of H-pyrrole nitrogens is 1. The van der Waals surface area contributed by atoms with Crippen molar-refractivity contribution in [1.82, 2.24) is 10.3 Å². The fourth-order valence-electron chi connectivity index (χ4n) is 1.69. The van der Waals surface area contributed by atoms with Gasteiger partial charge in [0.25, 0.3) is 5.91 Å². The van der Waals surface area contributed by atoms with Crippen molar-refractivity contribution in [3.63, 3.8) is 0 Å². The average molecular weight is 238 g/mol. The first kappa shape index (κ1) is 13.3. The van der Waals surface area contributed by atoms with Crippen molar-refractivity contribution in [2.45, 2.75) is 27.7 Å². The molecule has 0 atom stereocenters. The van der Waals surface area contributed by atoms with Gasteiger partial charge in [0.05, 0.1) is 5.56 Å². The number of carbonyl (C=O) groups excluding carboxylic acids is 1. The lowest BCUT2D eigenvalue weighted by Gasteiger charge is -2.08. The Labute approximate surface area is 100 Å². The number of nitrogens with one attached hydrogen (secondary N) is 2. The van der Waals surface area contributed by atoms with Crippen LogP contribution in [0, 0.1) is 19.8 Å². The molecule has 0 fully saturated rings. The maximum atomic E-state index is 11.9. The van der Waals surface area contributed by atoms with Gasteiger partial charge in [0.2, 0.25) is 0 Å². The van der Waals surface area contributed by atoms with Crippen LogP contribution in [-0.4, -0.2) is 28.5 Å². The molecule has 5 nitrogen and oxygen atoms in total. The van der Waals surface area contributed by atoms with E-state index in [1.165, 1.54) is 0 Å². The molecule has 1 aromatic heterocycles. The second-order valence-corrected chi connectivity index (χ2v) is 4.53. The maximum absolute atomic E-state index is 11.9. The summed E-state index contributed by atoms with van der Waals surface area (Å²) in [5.41, 5.74) is 1.58. The molecule has 0 radical (unpaired) electrons. The van der Waals surface area contributed by atoms with Crippen LogP contribution in [0.5, 0.6) is 0 Å².